The summed E-state index contributed by atoms with van der Waals surface area (Å²) in [5.41, 5.74) is 1.00. The van der Waals surface area contributed by atoms with Gasteiger partial charge in [-0.2, -0.15) is 5.10 Å². The Morgan fingerprint density at radius 2 is 2.12 bits per heavy atom. The lowest BCUT2D eigenvalue weighted by Crippen LogP contribution is -2.40. The van der Waals surface area contributed by atoms with Gasteiger partial charge in [0.25, 0.3) is 0 Å². The van der Waals surface area contributed by atoms with Gasteiger partial charge in [-0.3, -0.25) is 5.10 Å². The second-order valence-corrected chi connectivity index (χ2v) is 4.17. The highest BCUT2D eigenvalue weighted by atomic mass is 16.2. The van der Waals surface area contributed by atoms with E-state index in [0.717, 1.165) is 31.5 Å². The number of carbonyl (C=O) groups excluding carboxylic acids is 1. The molecule has 1 aromatic rings. The van der Waals surface area contributed by atoms with E-state index in [0.29, 0.717) is 6.54 Å². The van der Waals surface area contributed by atoms with Crippen molar-refractivity contribution in [3.05, 3.63) is 18.0 Å². The quantitative estimate of drug-likeness (QED) is 0.796. The summed E-state index contributed by atoms with van der Waals surface area (Å²) in [6.07, 6.45) is 8.25. The summed E-state index contributed by atoms with van der Waals surface area (Å²) in [6, 6.07) is 0.0445. The van der Waals surface area contributed by atoms with Gasteiger partial charge in [-0.25, -0.2) is 4.79 Å². The van der Waals surface area contributed by atoms with Gasteiger partial charge in [-0.1, -0.05) is 12.8 Å². The molecule has 1 aliphatic heterocycles. The Hall–Kier alpha value is -1.52. The molecule has 88 valence electrons. The number of nitrogens with zero attached hydrogens (tertiary/aromatic N) is 2. The molecule has 16 heavy (non-hydrogen) atoms. The fraction of sp³-hybridized carbons (Fsp3) is 0.636. The molecule has 0 atom stereocenters. The first-order valence-electron chi connectivity index (χ1n) is 5.87. The Morgan fingerprint density at radius 1 is 1.38 bits per heavy atom. The molecule has 2 N–H and O–H groups in total. The largest absolute Gasteiger partial charge is 0.334 e. The number of rotatable bonds is 2. The Labute approximate surface area is 95.2 Å². The number of aromatic nitrogens is 2. The number of hydrogen-bond donors (Lipinski definition) is 2. The van der Waals surface area contributed by atoms with Crippen molar-refractivity contribution in [1.29, 1.82) is 0 Å². The third kappa shape index (κ3) is 2.98. The van der Waals surface area contributed by atoms with Crippen molar-refractivity contribution in [1.82, 2.24) is 20.4 Å². The van der Waals surface area contributed by atoms with E-state index < -0.39 is 0 Å². The highest BCUT2D eigenvalue weighted by Crippen LogP contribution is 2.09. The predicted octanol–water partition coefficient (Wildman–Crippen LogP) is 1.50. The number of hydrogen-bond acceptors (Lipinski definition) is 2. The van der Waals surface area contributed by atoms with Crippen LogP contribution in [0, 0.1) is 0 Å². The fourth-order valence-electron chi connectivity index (χ4n) is 1.94. The molecule has 0 radical (unpaired) electrons. The molecule has 2 heterocycles. The molecular formula is C11H18N4O. The topological polar surface area (TPSA) is 61.0 Å². The number of aromatic amines is 1. The summed E-state index contributed by atoms with van der Waals surface area (Å²) in [4.78, 5) is 13.7. The van der Waals surface area contributed by atoms with Crippen molar-refractivity contribution in [2.45, 2.75) is 32.2 Å². The highest BCUT2D eigenvalue weighted by Gasteiger charge is 2.14. The number of nitrogens with one attached hydrogen (secondary N) is 2. The Balaban J connectivity index is 1.78. The number of H-pyrrole nitrogens is 1. The van der Waals surface area contributed by atoms with E-state index >= 15 is 0 Å². The van der Waals surface area contributed by atoms with Gasteiger partial charge in [0, 0.05) is 31.4 Å². The minimum Gasteiger partial charge on any atom is -0.334 e. The average molecular weight is 222 g/mol. The lowest BCUT2D eigenvalue weighted by atomic mass is 10.2. The molecule has 1 aromatic heterocycles. The summed E-state index contributed by atoms with van der Waals surface area (Å²) >= 11 is 0. The van der Waals surface area contributed by atoms with E-state index in [4.69, 9.17) is 0 Å². The molecule has 0 saturated carbocycles. The van der Waals surface area contributed by atoms with E-state index in [-0.39, 0.29) is 6.03 Å². The van der Waals surface area contributed by atoms with Crippen LogP contribution >= 0.6 is 0 Å². The molecule has 0 spiro atoms. The van der Waals surface area contributed by atoms with Crippen LogP contribution in [0.15, 0.2) is 12.4 Å². The van der Waals surface area contributed by atoms with Crippen molar-refractivity contribution in [3.63, 3.8) is 0 Å². The van der Waals surface area contributed by atoms with Crippen LogP contribution in [-0.4, -0.2) is 34.2 Å². The van der Waals surface area contributed by atoms with Crippen LogP contribution in [0.2, 0.25) is 0 Å². The van der Waals surface area contributed by atoms with E-state index in [1.807, 2.05) is 4.90 Å². The Morgan fingerprint density at radius 3 is 2.75 bits per heavy atom. The van der Waals surface area contributed by atoms with Crippen molar-refractivity contribution in [3.8, 4) is 0 Å². The maximum Gasteiger partial charge on any atom is 0.317 e. The number of amides is 2. The summed E-state index contributed by atoms with van der Waals surface area (Å²) in [6.45, 7) is 2.32. The molecule has 5 nitrogen and oxygen atoms in total. The summed E-state index contributed by atoms with van der Waals surface area (Å²) in [5, 5.41) is 9.48. The smallest absolute Gasteiger partial charge is 0.317 e. The molecule has 1 fully saturated rings. The van der Waals surface area contributed by atoms with Gasteiger partial charge in [0.1, 0.15) is 0 Å². The van der Waals surface area contributed by atoms with Gasteiger partial charge in [0.15, 0.2) is 0 Å². The van der Waals surface area contributed by atoms with Crippen LogP contribution < -0.4 is 5.32 Å². The van der Waals surface area contributed by atoms with Crippen LogP contribution in [0.5, 0.6) is 0 Å². The zero-order valence-electron chi connectivity index (χ0n) is 9.41. The third-order valence-electron chi connectivity index (χ3n) is 2.89. The highest BCUT2D eigenvalue weighted by molar-refractivity contribution is 5.74. The molecule has 0 aromatic carbocycles. The second-order valence-electron chi connectivity index (χ2n) is 4.17. The van der Waals surface area contributed by atoms with Gasteiger partial charge in [-0.15, -0.1) is 0 Å². The first-order chi connectivity index (χ1) is 7.86. The van der Waals surface area contributed by atoms with Crippen LogP contribution in [0.3, 0.4) is 0 Å². The van der Waals surface area contributed by atoms with Crippen molar-refractivity contribution < 1.29 is 4.79 Å². The zero-order valence-corrected chi connectivity index (χ0v) is 9.41. The summed E-state index contributed by atoms with van der Waals surface area (Å²) in [5.74, 6) is 0. The van der Waals surface area contributed by atoms with Crippen LogP contribution in [0.4, 0.5) is 4.79 Å². The maximum atomic E-state index is 11.8. The molecule has 1 saturated heterocycles. The lowest BCUT2D eigenvalue weighted by Gasteiger charge is -2.20. The number of carbonyl (C=O) groups is 1. The second kappa shape index (κ2) is 5.53. The molecule has 2 amide bonds. The average Bonchev–Trinajstić information content (AvgIpc) is 2.66. The van der Waals surface area contributed by atoms with E-state index in [2.05, 4.69) is 15.5 Å². The minimum absolute atomic E-state index is 0.0445. The molecule has 5 heteroatoms. The number of likely N-dealkylation sites (tertiary alicyclic amines) is 1. The van der Waals surface area contributed by atoms with Crippen LogP contribution in [0.1, 0.15) is 31.2 Å². The van der Waals surface area contributed by atoms with Gasteiger partial charge < -0.3 is 10.2 Å². The first-order valence-corrected chi connectivity index (χ1v) is 5.87. The standard InChI is InChI=1S/C11H18N4O/c16-11(12-7-10-8-13-14-9-10)15-5-3-1-2-4-6-15/h8-9H,1-7H2,(H,12,16)(H,13,14). The van der Waals surface area contributed by atoms with Crippen molar-refractivity contribution in [2.75, 3.05) is 13.1 Å². The molecule has 0 bridgehead atoms. The Kier molecular flexibility index (Phi) is 3.80. The van der Waals surface area contributed by atoms with E-state index in [9.17, 15) is 4.79 Å². The Bertz CT molecular complexity index is 315. The predicted molar refractivity (Wildman–Crippen MR) is 60.9 cm³/mol. The SMILES string of the molecule is O=C(NCc1cn[nH]c1)N1CCCCCC1. The summed E-state index contributed by atoms with van der Waals surface area (Å²) in [7, 11) is 0. The van der Waals surface area contributed by atoms with E-state index in [1.54, 1.807) is 12.4 Å². The third-order valence-corrected chi connectivity index (χ3v) is 2.89. The van der Waals surface area contributed by atoms with Crippen molar-refractivity contribution in [2.24, 2.45) is 0 Å². The normalized spacial score (nSPS) is 16.9. The zero-order chi connectivity index (χ0) is 11.2. The van der Waals surface area contributed by atoms with Crippen LogP contribution in [0.25, 0.3) is 0 Å². The van der Waals surface area contributed by atoms with Gasteiger partial charge in [-0.05, 0) is 12.8 Å². The van der Waals surface area contributed by atoms with Gasteiger partial charge in [0.2, 0.25) is 0 Å². The van der Waals surface area contributed by atoms with Crippen molar-refractivity contribution >= 4 is 6.03 Å². The number of urea groups is 1. The summed E-state index contributed by atoms with van der Waals surface area (Å²) < 4.78 is 0. The van der Waals surface area contributed by atoms with Gasteiger partial charge in [0.05, 0.1) is 6.20 Å². The first kappa shape index (κ1) is 11.0. The monoisotopic (exact) mass is 222 g/mol. The van der Waals surface area contributed by atoms with E-state index in [1.165, 1.54) is 12.8 Å². The molecule has 2 rings (SSSR count). The fourth-order valence-corrected chi connectivity index (χ4v) is 1.94. The molecule has 0 aliphatic carbocycles. The molecule has 0 unspecified atom stereocenters. The maximum absolute atomic E-state index is 11.8. The molecular weight excluding hydrogens is 204 g/mol. The van der Waals surface area contributed by atoms with Crippen LogP contribution in [-0.2, 0) is 6.54 Å². The lowest BCUT2D eigenvalue weighted by molar-refractivity contribution is 0.199. The molecule has 1 aliphatic rings. The van der Waals surface area contributed by atoms with Gasteiger partial charge >= 0.3 is 6.03 Å². The minimum atomic E-state index is 0.0445.